The first-order chi connectivity index (χ1) is 9.86. The predicted molar refractivity (Wildman–Crippen MR) is 63.6 cm³/mol. The minimum atomic E-state index is -4.63. The minimum absolute atomic E-state index is 0.0924. The molecule has 21 heavy (non-hydrogen) atoms. The van der Waals surface area contributed by atoms with E-state index in [1.54, 1.807) is 0 Å². The van der Waals surface area contributed by atoms with Crippen molar-refractivity contribution in [3.05, 3.63) is 39.6 Å². The van der Waals surface area contributed by atoms with Gasteiger partial charge in [-0.15, -0.1) is 0 Å². The molecular weight excluding hydrogens is 291 g/mol. The second kappa shape index (κ2) is 4.50. The van der Waals surface area contributed by atoms with Crippen molar-refractivity contribution >= 4 is 5.91 Å². The van der Waals surface area contributed by atoms with Crippen LogP contribution < -0.4 is 5.56 Å². The van der Waals surface area contributed by atoms with Crippen LogP contribution in [0.4, 0.5) is 13.2 Å². The van der Waals surface area contributed by atoms with E-state index in [0.717, 1.165) is 0 Å². The first-order valence-electron chi connectivity index (χ1n) is 6.03. The number of hydrogen-bond acceptors (Lipinski definition) is 3. The fourth-order valence-electron chi connectivity index (χ4n) is 2.23. The van der Waals surface area contributed by atoms with E-state index in [-0.39, 0.29) is 24.6 Å². The fraction of sp³-hybridized carbons (Fsp3) is 0.364. The summed E-state index contributed by atoms with van der Waals surface area (Å²) >= 11 is 0. The van der Waals surface area contributed by atoms with Gasteiger partial charge in [-0.3, -0.25) is 19.8 Å². The number of hydrogen-bond donors (Lipinski definition) is 3. The molecule has 0 unspecified atom stereocenters. The number of rotatable bonds is 2. The maximum atomic E-state index is 12.7. The van der Waals surface area contributed by atoms with E-state index in [1.165, 1.54) is 11.0 Å². The SMILES string of the molecule is O=C(c1[nH]ncc1C(F)(F)F)N1CC(c2cc(=O)[nH][nH]2)C1. The van der Waals surface area contributed by atoms with Crippen LogP contribution in [-0.2, 0) is 6.18 Å². The zero-order valence-electron chi connectivity index (χ0n) is 10.5. The van der Waals surface area contributed by atoms with Crippen LogP contribution in [-0.4, -0.2) is 44.3 Å². The third-order valence-corrected chi connectivity index (χ3v) is 3.38. The number of H-pyrrole nitrogens is 3. The summed E-state index contributed by atoms with van der Waals surface area (Å²) in [6.45, 7) is 0.478. The maximum Gasteiger partial charge on any atom is 0.420 e. The van der Waals surface area contributed by atoms with Gasteiger partial charge in [0.05, 0.1) is 6.20 Å². The molecule has 1 saturated heterocycles. The van der Waals surface area contributed by atoms with Crippen molar-refractivity contribution in [2.75, 3.05) is 13.1 Å². The third-order valence-electron chi connectivity index (χ3n) is 3.38. The van der Waals surface area contributed by atoms with Crippen LogP contribution in [0.3, 0.4) is 0 Å². The van der Waals surface area contributed by atoms with Gasteiger partial charge in [0.1, 0.15) is 11.3 Å². The molecule has 0 spiro atoms. The zero-order chi connectivity index (χ0) is 15.2. The first kappa shape index (κ1) is 13.5. The van der Waals surface area contributed by atoms with Gasteiger partial charge in [-0.2, -0.15) is 18.3 Å². The van der Waals surface area contributed by atoms with Crippen LogP contribution in [0.2, 0.25) is 0 Å². The standard InChI is InChI=1S/C11H10F3N5O2/c12-11(13,14)6-2-15-18-9(6)10(21)19-3-5(4-19)7-1-8(20)17-16-7/h1-2,5H,3-4H2,(H,15,18)(H2,16,17,20). The van der Waals surface area contributed by atoms with E-state index < -0.39 is 23.3 Å². The number of halogens is 3. The number of alkyl halides is 3. The molecule has 0 bridgehead atoms. The summed E-state index contributed by atoms with van der Waals surface area (Å²) in [5.41, 5.74) is -1.30. The van der Waals surface area contributed by atoms with Crippen molar-refractivity contribution in [1.82, 2.24) is 25.3 Å². The summed E-state index contributed by atoms with van der Waals surface area (Å²) in [6, 6.07) is 1.36. The Morgan fingerprint density at radius 2 is 2.05 bits per heavy atom. The van der Waals surface area contributed by atoms with Crippen molar-refractivity contribution in [2.24, 2.45) is 0 Å². The molecular formula is C11H10F3N5O2. The average molecular weight is 301 g/mol. The van der Waals surface area contributed by atoms with Crippen LogP contribution in [0.25, 0.3) is 0 Å². The van der Waals surface area contributed by atoms with Crippen molar-refractivity contribution in [1.29, 1.82) is 0 Å². The molecule has 0 saturated carbocycles. The van der Waals surface area contributed by atoms with Crippen LogP contribution in [0.5, 0.6) is 0 Å². The third kappa shape index (κ3) is 2.32. The van der Waals surface area contributed by atoms with Gasteiger partial charge < -0.3 is 10.00 Å². The number of carbonyl (C=O) groups is 1. The number of aromatic nitrogens is 4. The number of nitrogens with zero attached hydrogens (tertiary/aromatic N) is 2. The molecule has 0 atom stereocenters. The predicted octanol–water partition coefficient (Wildman–Crippen LogP) is 0.684. The highest BCUT2D eigenvalue weighted by Gasteiger charge is 2.41. The van der Waals surface area contributed by atoms with Gasteiger partial charge in [-0.1, -0.05) is 0 Å². The van der Waals surface area contributed by atoms with Gasteiger partial charge in [0.2, 0.25) is 0 Å². The van der Waals surface area contributed by atoms with Crippen molar-refractivity contribution < 1.29 is 18.0 Å². The summed E-state index contributed by atoms with van der Waals surface area (Å²) < 4.78 is 38.1. The van der Waals surface area contributed by atoms with E-state index in [1.807, 2.05) is 0 Å². The largest absolute Gasteiger partial charge is 0.420 e. The molecule has 0 aromatic carbocycles. The number of nitrogens with one attached hydrogen (secondary N) is 3. The quantitative estimate of drug-likeness (QED) is 0.761. The molecule has 2 aromatic rings. The Kier molecular flexibility index (Phi) is 2.88. The molecule has 1 aliphatic heterocycles. The highest BCUT2D eigenvalue weighted by atomic mass is 19.4. The van der Waals surface area contributed by atoms with E-state index in [9.17, 15) is 22.8 Å². The van der Waals surface area contributed by atoms with Gasteiger partial charge in [0, 0.05) is 30.8 Å². The average Bonchev–Trinajstić information content (AvgIpc) is 2.94. The molecule has 0 radical (unpaired) electrons. The Bertz CT molecular complexity index is 723. The molecule has 7 nitrogen and oxygen atoms in total. The molecule has 1 aliphatic rings. The van der Waals surface area contributed by atoms with E-state index >= 15 is 0 Å². The Morgan fingerprint density at radius 3 is 2.62 bits per heavy atom. The smallest absolute Gasteiger partial charge is 0.336 e. The first-order valence-corrected chi connectivity index (χ1v) is 6.03. The molecule has 3 rings (SSSR count). The van der Waals surface area contributed by atoms with E-state index in [0.29, 0.717) is 11.9 Å². The lowest BCUT2D eigenvalue weighted by Crippen LogP contribution is -2.49. The second-order valence-electron chi connectivity index (χ2n) is 4.78. The van der Waals surface area contributed by atoms with Crippen LogP contribution >= 0.6 is 0 Å². The Morgan fingerprint density at radius 1 is 1.33 bits per heavy atom. The Balaban J connectivity index is 1.72. The fourth-order valence-corrected chi connectivity index (χ4v) is 2.23. The monoisotopic (exact) mass is 301 g/mol. The Hall–Kier alpha value is -2.52. The molecule has 112 valence electrons. The van der Waals surface area contributed by atoms with Gasteiger partial charge >= 0.3 is 6.18 Å². The van der Waals surface area contributed by atoms with Crippen LogP contribution in [0, 0.1) is 0 Å². The highest BCUT2D eigenvalue weighted by molar-refractivity contribution is 5.94. The van der Waals surface area contributed by atoms with Crippen LogP contribution in [0.1, 0.15) is 27.7 Å². The van der Waals surface area contributed by atoms with Gasteiger partial charge in [-0.25, -0.2) is 0 Å². The topological polar surface area (TPSA) is 97.6 Å². The summed E-state index contributed by atoms with van der Waals surface area (Å²) in [7, 11) is 0. The van der Waals surface area contributed by atoms with Crippen molar-refractivity contribution in [2.45, 2.75) is 12.1 Å². The lowest BCUT2D eigenvalue weighted by molar-refractivity contribution is -0.138. The zero-order valence-corrected chi connectivity index (χ0v) is 10.5. The Labute approximate surface area is 115 Å². The number of likely N-dealkylation sites (tertiary alicyclic amines) is 1. The molecule has 3 heterocycles. The van der Waals surface area contributed by atoms with Gasteiger partial charge in [0.15, 0.2) is 0 Å². The summed E-state index contributed by atoms with van der Waals surface area (Å²) in [4.78, 5) is 24.3. The van der Waals surface area contributed by atoms with E-state index in [4.69, 9.17) is 0 Å². The number of amides is 1. The van der Waals surface area contributed by atoms with E-state index in [2.05, 4.69) is 20.4 Å². The highest BCUT2D eigenvalue weighted by Crippen LogP contribution is 2.33. The lowest BCUT2D eigenvalue weighted by Gasteiger charge is -2.38. The molecule has 1 amide bonds. The number of carbonyl (C=O) groups excluding carboxylic acids is 1. The summed E-state index contributed by atoms with van der Waals surface area (Å²) in [5.74, 6) is -0.848. The lowest BCUT2D eigenvalue weighted by atomic mass is 9.96. The van der Waals surface area contributed by atoms with Gasteiger partial charge in [-0.05, 0) is 0 Å². The minimum Gasteiger partial charge on any atom is -0.336 e. The molecule has 2 aromatic heterocycles. The molecule has 1 fully saturated rings. The van der Waals surface area contributed by atoms with Crippen molar-refractivity contribution in [3.8, 4) is 0 Å². The molecule has 3 N–H and O–H groups in total. The second-order valence-corrected chi connectivity index (χ2v) is 4.78. The molecule has 0 aliphatic carbocycles. The summed E-state index contributed by atoms with van der Waals surface area (Å²) in [5, 5.41) is 10.4. The van der Waals surface area contributed by atoms with Gasteiger partial charge in [0.25, 0.3) is 11.5 Å². The van der Waals surface area contributed by atoms with Crippen LogP contribution in [0.15, 0.2) is 17.1 Å². The van der Waals surface area contributed by atoms with Crippen molar-refractivity contribution in [3.63, 3.8) is 0 Å². The maximum absolute atomic E-state index is 12.7. The molecule has 10 heteroatoms. The summed E-state index contributed by atoms with van der Waals surface area (Å²) in [6.07, 6.45) is -4.04. The normalized spacial score (nSPS) is 16.0. The number of aromatic amines is 3.